The lowest BCUT2D eigenvalue weighted by Gasteiger charge is -2.15. The second kappa shape index (κ2) is 9.57. The zero-order valence-corrected chi connectivity index (χ0v) is 18.2. The van der Waals surface area contributed by atoms with Gasteiger partial charge in [-0.15, -0.1) is 5.10 Å². The first-order valence-electron chi connectivity index (χ1n) is 10.0. The Bertz CT molecular complexity index is 1140. The van der Waals surface area contributed by atoms with Gasteiger partial charge in [0.15, 0.2) is 0 Å². The van der Waals surface area contributed by atoms with Crippen LogP contribution in [0.15, 0.2) is 84.0 Å². The van der Waals surface area contributed by atoms with Gasteiger partial charge in [0, 0.05) is 0 Å². The number of tetrazole rings is 1. The number of hydrogen-bond donors (Lipinski definition) is 1. The zero-order valence-electron chi connectivity index (χ0n) is 17.4. The maximum Gasteiger partial charge on any atom is 0.230 e. The first-order valence-corrected chi connectivity index (χ1v) is 11.0. The SMILES string of the molecule is Cc1ccc(-n2nnnc2SCC(=O)N[C@H](C)c2ccc(-c3ccccc3)cc2)cc1. The Morgan fingerprint density at radius 2 is 1.65 bits per heavy atom. The molecule has 1 heterocycles. The predicted octanol–water partition coefficient (Wildman–Crippen LogP) is 4.61. The summed E-state index contributed by atoms with van der Waals surface area (Å²) in [5.74, 6) is 0.168. The second-order valence-electron chi connectivity index (χ2n) is 7.27. The Hall–Kier alpha value is -3.45. The molecule has 4 rings (SSSR count). The number of thioether (sulfide) groups is 1. The third-order valence-corrected chi connectivity index (χ3v) is 5.87. The van der Waals surface area contributed by atoms with Crippen LogP contribution in [0.5, 0.6) is 0 Å². The minimum Gasteiger partial charge on any atom is -0.349 e. The van der Waals surface area contributed by atoms with Crippen LogP contribution in [0.4, 0.5) is 0 Å². The van der Waals surface area contributed by atoms with Crippen molar-refractivity contribution in [2.24, 2.45) is 0 Å². The summed E-state index contributed by atoms with van der Waals surface area (Å²) in [4.78, 5) is 12.5. The number of nitrogens with zero attached hydrogens (tertiary/aromatic N) is 4. The van der Waals surface area contributed by atoms with Crippen molar-refractivity contribution in [3.63, 3.8) is 0 Å². The van der Waals surface area contributed by atoms with Gasteiger partial charge in [-0.2, -0.15) is 4.68 Å². The molecule has 0 aliphatic rings. The summed E-state index contributed by atoms with van der Waals surface area (Å²) in [7, 11) is 0. The molecule has 1 atom stereocenters. The van der Waals surface area contributed by atoms with E-state index < -0.39 is 0 Å². The summed E-state index contributed by atoms with van der Waals surface area (Å²) in [6, 6.07) is 26.3. The molecule has 0 aliphatic carbocycles. The lowest BCUT2D eigenvalue weighted by atomic mass is 10.0. The predicted molar refractivity (Wildman–Crippen MR) is 123 cm³/mol. The highest BCUT2D eigenvalue weighted by Gasteiger charge is 2.14. The van der Waals surface area contributed by atoms with Gasteiger partial charge in [-0.25, -0.2) is 0 Å². The number of nitrogens with one attached hydrogen (secondary N) is 1. The quantitative estimate of drug-likeness (QED) is 0.435. The summed E-state index contributed by atoms with van der Waals surface area (Å²) in [5.41, 5.74) is 5.42. The monoisotopic (exact) mass is 429 g/mol. The van der Waals surface area contributed by atoms with Crippen LogP contribution in [0, 0.1) is 6.92 Å². The minimum absolute atomic E-state index is 0.0666. The van der Waals surface area contributed by atoms with Crippen molar-refractivity contribution in [3.8, 4) is 16.8 Å². The molecule has 0 saturated heterocycles. The molecule has 6 nitrogen and oxygen atoms in total. The third kappa shape index (κ3) is 5.19. The number of amides is 1. The number of hydrogen-bond acceptors (Lipinski definition) is 5. The first kappa shape index (κ1) is 20.8. The molecule has 7 heteroatoms. The van der Waals surface area contributed by atoms with Crippen LogP contribution in [0.25, 0.3) is 16.8 Å². The fourth-order valence-corrected chi connectivity index (χ4v) is 3.91. The number of carbonyl (C=O) groups is 1. The Morgan fingerprint density at radius 1 is 0.968 bits per heavy atom. The van der Waals surface area contributed by atoms with E-state index in [1.165, 1.54) is 17.3 Å². The number of carbonyl (C=O) groups excluding carboxylic acids is 1. The van der Waals surface area contributed by atoms with E-state index in [4.69, 9.17) is 0 Å². The Labute approximate surface area is 185 Å². The Morgan fingerprint density at radius 3 is 2.35 bits per heavy atom. The van der Waals surface area contributed by atoms with E-state index in [9.17, 15) is 4.79 Å². The summed E-state index contributed by atoms with van der Waals surface area (Å²) in [5, 5.41) is 15.5. The molecular formula is C24H23N5OS. The van der Waals surface area contributed by atoms with E-state index in [-0.39, 0.29) is 17.7 Å². The molecule has 0 radical (unpaired) electrons. The Balaban J connectivity index is 1.34. The average molecular weight is 430 g/mol. The molecular weight excluding hydrogens is 406 g/mol. The summed E-state index contributed by atoms with van der Waals surface area (Å²) >= 11 is 1.31. The van der Waals surface area contributed by atoms with Crippen molar-refractivity contribution >= 4 is 17.7 Å². The van der Waals surface area contributed by atoms with Crippen molar-refractivity contribution < 1.29 is 4.79 Å². The maximum absolute atomic E-state index is 12.5. The number of aromatic nitrogens is 4. The normalized spacial score (nSPS) is 11.8. The molecule has 31 heavy (non-hydrogen) atoms. The number of rotatable bonds is 7. The number of benzene rings is 3. The van der Waals surface area contributed by atoms with Crippen LogP contribution in [0.2, 0.25) is 0 Å². The van der Waals surface area contributed by atoms with Gasteiger partial charge in [0.05, 0.1) is 17.5 Å². The van der Waals surface area contributed by atoms with E-state index in [1.807, 2.05) is 56.3 Å². The van der Waals surface area contributed by atoms with E-state index in [2.05, 4.69) is 57.2 Å². The summed E-state index contributed by atoms with van der Waals surface area (Å²) < 4.78 is 1.64. The van der Waals surface area contributed by atoms with Crippen molar-refractivity contribution in [2.75, 3.05) is 5.75 Å². The highest BCUT2D eigenvalue weighted by atomic mass is 32.2. The van der Waals surface area contributed by atoms with Crippen molar-refractivity contribution in [1.29, 1.82) is 0 Å². The van der Waals surface area contributed by atoms with E-state index in [0.29, 0.717) is 5.16 Å². The fourth-order valence-electron chi connectivity index (χ4n) is 3.21. The van der Waals surface area contributed by atoms with Crippen molar-refractivity contribution in [2.45, 2.75) is 25.0 Å². The van der Waals surface area contributed by atoms with Crippen LogP contribution in [0.1, 0.15) is 24.1 Å². The van der Waals surface area contributed by atoms with Gasteiger partial charge in [-0.1, -0.05) is 84.1 Å². The smallest absolute Gasteiger partial charge is 0.230 e. The largest absolute Gasteiger partial charge is 0.349 e. The van der Waals surface area contributed by atoms with E-state index >= 15 is 0 Å². The van der Waals surface area contributed by atoms with Gasteiger partial charge in [0.2, 0.25) is 11.1 Å². The molecule has 0 saturated carbocycles. The van der Waals surface area contributed by atoms with Crippen molar-refractivity contribution in [1.82, 2.24) is 25.5 Å². The first-order chi connectivity index (χ1) is 15.1. The molecule has 0 spiro atoms. The molecule has 156 valence electrons. The zero-order chi connectivity index (χ0) is 21.6. The highest BCUT2D eigenvalue weighted by Crippen LogP contribution is 2.22. The lowest BCUT2D eigenvalue weighted by molar-refractivity contribution is -0.119. The van der Waals surface area contributed by atoms with Gasteiger partial charge < -0.3 is 5.32 Å². The van der Waals surface area contributed by atoms with Gasteiger partial charge in [0.25, 0.3) is 0 Å². The molecule has 1 amide bonds. The molecule has 0 aliphatic heterocycles. The molecule has 1 aromatic heterocycles. The highest BCUT2D eigenvalue weighted by molar-refractivity contribution is 7.99. The molecule has 1 N–H and O–H groups in total. The van der Waals surface area contributed by atoms with Crippen LogP contribution in [-0.4, -0.2) is 31.9 Å². The molecule has 4 aromatic rings. The lowest BCUT2D eigenvalue weighted by Crippen LogP contribution is -2.28. The maximum atomic E-state index is 12.5. The average Bonchev–Trinajstić information content (AvgIpc) is 3.27. The van der Waals surface area contributed by atoms with Crippen LogP contribution >= 0.6 is 11.8 Å². The van der Waals surface area contributed by atoms with E-state index in [1.54, 1.807) is 4.68 Å². The van der Waals surface area contributed by atoms with Gasteiger partial charge >= 0.3 is 0 Å². The molecule has 3 aromatic carbocycles. The molecule has 0 fully saturated rings. The Kier molecular flexibility index (Phi) is 6.43. The summed E-state index contributed by atoms with van der Waals surface area (Å²) in [6.45, 7) is 4.01. The van der Waals surface area contributed by atoms with Gasteiger partial charge in [-0.3, -0.25) is 4.79 Å². The second-order valence-corrected chi connectivity index (χ2v) is 8.22. The van der Waals surface area contributed by atoms with Crippen molar-refractivity contribution in [3.05, 3.63) is 90.0 Å². The van der Waals surface area contributed by atoms with E-state index in [0.717, 1.165) is 22.4 Å². The van der Waals surface area contributed by atoms with Gasteiger partial charge in [-0.05, 0) is 53.1 Å². The third-order valence-electron chi connectivity index (χ3n) is 4.95. The van der Waals surface area contributed by atoms with Crippen LogP contribution in [-0.2, 0) is 4.79 Å². The number of aryl methyl sites for hydroxylation is 1. The minimum atomic E-state index is -0.0917. The molecule has 0 unspecified atom stereocenters. The fraction of sp³-hybridized carbons (Fsp3) is 0.167. The topological polar surface area (TPSA) is 72.7 Å². The van der Waals surface area contributed by atoms with Crippen LogP contribution in [0.3, 0.4) is 0 Å². The van der Waals surface area contributed by atoms with Crippen LogP contribution < -0.4 is 5.32 Å². The standard InChI is InChI=1S/C24H23N5OS/c1-17-8-14-22(15-9-17)29-24(26-27-28-29)31-16-23(30)25-18(2)19-10-12-21(13-11-19)20-6-4-3-5-7-20/h3-15,18H,16H2,1-2H3,(H,25,30)/t18-/m1/s1. The van der Waals surface area contributed by atoms with Gasteiger partial charge in [0.1, 0.15) is 0 Å². The summed E-state index contributed by atoms with van der Waals surface area (Å²) in [6.07, 6.45) is 0. The molecule has 0 bridgehead atoms.